The second-order valence-electron chi connectivity index (χ2n) is 5.86. The predicted octanol–water partition coefficient (Wildman–Crippen LogP) is 3.00. The van der Waals surface area contributed by atoms with Crippen molar-refractivity contribution in [1.29, 1.82) is 0 Å². The lowest BCUT2D eigenvalue weighted by atomic mass is 9.74. The van der Waals surface area contributed by atoms with E-state index in [0.717, 1.165) is 38.8 Å². The van der Waals surface area contributed by atoms with Gasteiger partial charge in [-0.25, -0.2) is 0 Å². The van der Waals surface area contributed by atoms with Crippen molar-refractivity contribution in [2.24, 2.45) is 11.3 Å². The molecule has 0 saturated carbocycles. The van der Waals surface area contributed by atoms with E-state index in [0.29, 0.717) is 12.0 Å². The third kappa shape index (κ3) is 3.21. The average molecular weight is 241 g/mol. The van der Waals surface area contributed by atoms with Crippen LogP contribution in [0.2, 0.25) is 0 Å². The Morgan fingerprint density at radius 3 is 2.18 bits per heavy atom. The first kappa shape index (κ1) is 14.5. The lowest BCUT2D eigenvalue weighted by Gasteiger charge is -2.42. The molecule has 100 valence electrons. The van der Waals surface area contributed by atoms with Crippen LogP contribution < -0.4 is 0 Å². The number of nitrogens with zero attached hydrogens (tertiary/aromatic N) is 1. The number of carboxylic acid groups (broad SMARTS) is 1. The molecule has 1 atom stereocenters. The van der Waals surface area contributed by atoms with E-state index in [1.54, 1.807) is 0 Å². The van der Waals surface area contributed by atoms with Crippen LogP contribution >= 0.6 is 0 Å². The SMILES string of the molecule is CCCC1(C(=O)O)CCN(C(C)C(C)C)CC1. The highest BCUT2D eigenvalue weighted by atomic mass is 16.4. The van der Waals surface area contributed by atoms with Crippen LogP contribution in [-0.2, 0) is 4.79 Å². The van der Waals surface area contributed by atoms with E-state index in [4.69, 9.17) is 0 Å². The Balaban J connectivity index is 2.61. The van der Waals surface area contributed by atoms with Crippen LogP contribution in [0.3, 0.4) is 0 Å². The van der Waals surface area contributed by atoms with E-state index in [2.05, 4.69) is 32.6 Å². The van der Waals surface area contributed by atoms with Crippen LogP contribution in [0.15, 0.2) is 0 Å². The number of hydrogen-bond donors (Lipinski definition) is 1. The lowest BCUT2D eigenvalue weighted by molar-refractivity contribution is -0.153. The summed E-state index contributed by atoms with van der Waals surface area (Å²) in [6, 6.07) is 0.559. The monoisotopic (exact) mass is 241 g/mol. The van der Waals surface area contributed by atoms with Gasteiger partial charge in [-0.05, 0) is 45.2 Å². The summed E-state index contributed by atoms with van der Waals surface area (Å²) in [5.41, 5.74) is -0.443. The Morgan fingerprint density at radius 1 is 1.29 bits per heavy atom. The van der Waals surface area contributed by atoms with Crippen molar-refractivity contribution in [1.82, 2.24) is 4.90 Å². The quantitative estimate of drug-likeness (QED) is 0.804. The summed E-state index contributed by atoms with van der Waals surface area (Å²) >= 11 is 0. The molecule has 3 heteroatoms. The van der Waals surface area contributed by atoms with Crippen molar-refractivity contribution < 1.29 is 9.90 Å². The Bertz CT molecular complexity index is 255. The minimum Gasteiger partial charge on any atom is -0.481 e. The van der Waals surface area contributed by atoms with Gasteiger partial charge in [0.15, 0.2) is 0 Å². The lowest BCUT2D eigenvalue weighted by Crippen LogP contribution is -2.48. The molecule has 0 aromatic rings. The fourth-order valence-electron chi connectivity index (χ4n) is 2.83. The standard InChI is InChI=1S/C14H27NO2/c1-5-6-14(13(16)17)7-9-15(10-8-14)12(4)11(2)3/h11-12H,5-10H2,1-4H3,(H,16,17). The minimum atomic E-state index is -0.587. The van der Waals surface area contributed by atoms with Crippen LogP contribution in [0.4, 0.5) is 0 Å². The summed E-state index contributed by atoms with van der Waals surface area (Å²) in [5.74, 6) is 0.0507. The van der Waals surface area contributed by atoms with Crippen molar-refractivity contribution in [3.05, 3.63) is 0 Å². The van der Waals surface area contributed by atoms with Crippen molar-refractivity contribution in [2.45, 2.75) is 59.4 Å². The van der Waals surface area contributed by atoms with Crippen molar-refractivity contribution >= 4 is 5.97 Å². The highest BCUT2D eigenvalue weighted by Gasteiger charge is 2.41. The molecule has 1 saturated heterocycles. The smallest absolute Gasteiger partial charge is 0.309 e. The van der Waals surface area contributed by atoms with Gasteiger partial charge in [-0.2, -0.15) is 0 Å². The second kappa shape index (κ2) is 5.85. The molecule has 0 amide bonds. The Labute approximate surface area is 105 Å². The zero-order valence-electron chi connectivity index (χ0n) is 11.7. The van der Waals surface area contributed by atoms with E-state index in [9.17, 15) is 9.90 Å². The molecule has 1 unspecified atom stereocenters. The fraction of sp³-hybridized carbons (Fsp3) is 0.929. The van der Waals surface area contributed by atoms with Crippen LogP contribution in [0.25, 0.3) is 0 Å². The average Bonchev–Trinajstić information content (AvgIpc) is 2.29. The van der Waals surface area contributed by atoms with Crippen LogP contribution in [0.1, 0.15) is 53.4 Å². The first-order chi connectivity index (χ1) is 7.93. The van der Waals surface area contributed by atoms with Gasteiger partial charge in [0.2, 0.25) is 0 Å². The molecule has 0 bridgehead atoms. The summed E-state index contributed by atoms with van der Waals surface area (Å²) in [5, 5.41) is 9.44. The van der Waals surface area contributed by atoms with Gasteiger partial charge in [-0.1, -0.05) is 27.2 Å². The Hall–Kier alpha value is -0.570. The van der Waals surface area contributed by atoms with Gasteiger partial charge < -0.3 is 10.0 Å². The maximum absolute atomic E-state index is 11.5. The van der Waals surface area contributed by atoms with Crippen LogP contribution in [-0.4, -0.2) is 35.1 Å². The summed E-state index contributed by atoms with van der Waals surface area (Å²) in [4.78, 5) is 13.9. The zero-order valence-corrected chi connectivity index (χ0v) is 11.7. The number of rotatable bonds is 5. The van der Waals surface area contributed by atoms with Crippen molar-refractivity contribution in [2.75, 3.05) is 13.1 Å². The summed E-state index contributed by atoms with van der Waals surface area (Å²) in [6.07, 6.45) is 3.42. The van der Waals surface area contributed by atoms with Gasteiger partial charge in [0.25, 0.3) is 0 Å². The zero-order chi connectivity index (χ0) is 13.1. The molecule has 0 aliphatic carbocycles. The van der Waals surface area contributed by atoms with Crippen molar-refractivity contribution in [3.8, 4) is 0 Å². The summed E-state index contributed by atoms with van der Waals surface area (Å²) in [6.45, 7) is 10.7. The van der Waals surface area contributed by atoms with Crippen molar-refractivity contribution in [3.63, 3.8) is 0 Å². The highest BCUT2D eigenvalue weighted by molar-refractivity contribution is 5.74. The number of piperidine rings is 1. The molecule has 3 nitrogen and oxygen atoms in total. The molecule has 0 radical (unpaired) electrons. The van der Waals surface area contributed by atoms with Crippen LogP contribution in [0.5, 0.6) is 0 Å². The highest BCUT2D eigenvalue weighted by Crippen LogP contribution is 2.37. The molecular weight excluding hydrogens is 214 g/mol. The normalized spacial score (nSPS) is 22.6. The summed E-state index contributed by atoms with van der Waals surface area (Å²) in [7, 11) is 0. The van der Waals surface area contributed by atoms with E-state index >= 15 is 0 Å². The number of hydrogen-bond acceptors (Lipinski definition) is 2. The number of carbonyl (C=O) groups is 1. The van der Waals surface area contributed by atoms with Gasteiger partial charge in [-0.3, -0.25) is 4.79 Å². The largest absolute Gasteiger partial charge is 0.481 e. The molecule has 1 N–H and O–H groups in total. The number of likely N-dealkylation sites (tertiary alicyclic amines) is 1. The topological polar surface area (TPSA) is 40.5 Å². The molecule has 1 heterocycles. The predicted molar refractivity (Wildman–Crippen MR) is 70.1 cm³/mol. The summed E-state index contributed by atoms with van der Waals surface area (Å²) < 4.78 is 0. The molecule has 0 aromatic carbocycles. The Kier molecular flexibility index (Phi) is 4.99. The van der Waals surface area contributed by atoms with Gasteiger partial charge in [0.05, 0.1) is 5.41 Å². The fourth-order valence-corrected chi connectivity index (χ4v) is 2.83. The first-order valence-electron chi connectivity index (χ1n) is 6.90. The molecule has 1 aliphatic rings. The maximum atomic E-state index is 11.5. The third-order valence-corrected chi connectivity index (χ3v) is 4.48. The molecule has 1 rings (SSSR count). The molecule has 1 fully saturated rings. The van der Waals surface area contributed by atoms with Gasteiger partial charge in [0, 0.05) is 6.04 Å². The van der Waals surface area contributed by atoms with E-state index in [1.807, 2.05) is 0 Å². The molecule has 17 heavy (non-hydrogen) atoms. The van der Waals surface area contributed by atoms with E-state index in [1.165, 1.54) is 0 Å². The minimum absolute atomic E-state index is 0.443. The van der Waals surface area contributed by atoms with Gasteiger partial charge >= 0.3 is 5.97 Å². The molecular formula is C14H27NO2. The number of carboxylic acids is 1. The third-order valence-electron chi connectivity index (χ3n) is 4.48. The van der Waals surface area contributed by atoms with E-state index in [-0.39, 0.29) is 0 Å². The Morgan fingerprint density at radius 2 is 1.82 bits per heavy atom. The maximum Gasteiger partial charge on any atom is 0.309 e. The van der Waals surface area contributed by atoms with Gasteiger partial charge in [0.1, 0.15) is 0 Å². The molecule has 0 aromatic heterocycles. The molecule has 0 spiro atoms. The molecule has 1 aliphatic heterocycles. The first-order valence-corrected chi connectivity index (χ1v) is 6.90. The van der Waals surface area contributed by atoms with E-state index < -0.39 is 11.4 Å². The van der Waals surface area contributed by atoms with Crippen LogP contribution in [0, 0.1) is 11.3 Å². The number of aliphatic carboxylic acids is 1. The van der Waals surface area contributed by atoms with Gasteiger partial charge in [-0.15, -0.1) is 0 Å². The second-order valence-corrected chi connectivity index (χ2v) is 5.86.